The molecule has 0 radical (unpaired) electrons. The first-order chi connectivity index (χ1) is 15.5. The van der Waals surface area contributed by atoms with E-state index < -0.39 is 0 Å². The molecule has 2 fully saturated rings. The summed E-state index contributed by atoms with van der Waals surface area (Å²) in [7, 11) is 1.55. The summed E-state index contributed by atoms with van der Waals surface area (Å²) >= 11 is 5.91. The van der Waals surface area contributed by atoms with Gasteiger partial charge in [-0.3, -0.25) is 14.4 Å². The maximum absolute atomic E-state index is 12.9. The number of nitrogens with one attached hydrogen (secondary N) is 1. The van der Waals surface area contributed by atoms with Gasteiger partial charge in [-0.1, -0.05) is 11.6 Å². The van der Waals surface area contributed by atoms with Gasteiger partial charge >= 0.3 is 0 Å². The fraction of sp³-hybridized carbons (Fsp3) is 0.375. The molecule has 2 heterocycles. The molecule has 1 unspecified atom stereocenters. The normalized spacial score (nSPS) is 18.6. The van der Waals surface area contributed by atoms with E-state index in [2.05, 4.69) is 5.32 Å². The van der Waals surface area contributed by atoms with E-state index >= 15 is 0 Å². The van der Waals surface area contributed by atoms with Gasteiger partial charge in [0.2, 0.25) is 11.8 Å². The topological polar surface area (TPSA) is 79.0 Å². The molecule has 0 bridgehead atoms. The first kappa shape index (κ1) is 22.1. The lowest BCUT2D eigenvalue weighted by atomic mass is 9.96. The summed E-state index contributed by atoms with van der Waals surface area (Å²) in [6, 6.07) is 12.1. The number of carbonyl (C=O) groups is 3. The summed E-state index contributed by atoms with van der Waals surface area (Å²) in [4.78, 5) is 41.3. The number of nitrogens with zero attached hydrogens (tertiary/aromatic N) is 2. The zero-order valence-electron chi connectivity index (χ0n) is 18.0. The van der Waals surface area contributed by atoms with E-state index in [4.69, 9.17) is 16.3 Å². The minimum Gasteiger partial charge on any atom is -0.494 e. The van der Waals surface area contributed by atoms with Gasteiger partial charge < -0.3 is 19.9 Å². The van der Waals surface area contributed by atoms with Crippen molar-refractivity contribution in [3.05, 3.63) is 53.1 Å². The highest BCUT2D eigenvalue weighted by molar-refractivity contribution is 6.30. The Morgan fingerprint density at radius 3 is 2.56 bits per heavy atom. The Bertz CT molecular complexity index is 1020. The number of amides is 3. The van der Waals surface area contributed by atoms with Crippen LogP contribution in [0.4, 0.5) is 11.4 Å². The van der Waals surface area contributed by atoms with Crippen molar-refractivity contribution in [1.82, 2.24) is 4.90 Å². The van der Waals surface area contributed by atoms with Gasteiger partial charge in [-0.2, -0.15) is 0 Å². The third-order valence-electron chi connectivity index (χ3n) is 5.98. The Labute approximate surface area is 192 Å². The maximum atomic E-state index is 12.9. The van der Waals surface area contributed by atoms with Gasteiger partial charge in [0, 0.05) is 48.4 Å². The third-order valence-corrected chi connectivity index (χ3v) is 6.23. The molecular formula is C24H26ClN3O4. The summed E-state index contributed by atoms with van der Waals surface area (Å²) in [5.41, 5.74) is 1.88. The molecule has 32 heavy (non-hydrogen) atoms. The van der Waals surface area contributed by atoms with Crippen molar-refractivity contribution in [2.75, 3.05) is 37.0 Å². The molecule has 2 saturated heterocycles. The van der Waals surface area contributed by atoms with E-state index in [1.54, 1.807) is 59.4 Å². The standard InChI is InChI=1S/C24H26ClN3O4/c1-32-21-14-19(10-11-20(21)28-13-3-5-22(28)29)26-23(30)17-4-2-12-27(15-17)24(31)16-6-8-18(25)9-7-16/h6-11,14,17H,2-5,12-13,15H2,1H3,(H,26,30). The Kier molecular flexibility index (Phi) is 6.65. The minimum atomic E-state index is -0.300. The molecular weight excluding hydrogens is 430 g/mol. The van der Waals surface area contributed by atoms with Gasteiger partial charge in [0.15, 0.2) is 0 Å². The van der Waals surface area contributed by atoms with Crippen molar-refractivity contribution in [1.29, 1.82) is 0 Å². The minimum absolute atomic E-state index is 0.0766. The maximum Gasteiger partial charge on any atom is 0.253 e. The Balaban J connectivity index is 1.42. The van der Waals surface area contributed by atoms with Crippen LogP contribution in [-0.2, 0) is 9.59 Å². The molecule has 3 amide bonds. The monoisotopic (exact) mass is 455 g/mol. The lowest BCUT2D eigenvalue weighted by Crippen LogP contribution is -2.43. The van der Waals surface area contributed by atoms with Gasteiger partial charge in [-0.15, -0.1) is 0 Å². The number of piperidine rings is 1. The van der Waals surface area contributed by atoms with Crippen LogP contribution in [0.5, 0.6) is 5.75 Å². The predicted molar refractivity (Wildman–Crippen MR) is 123 cm³/mol. The number of methoxy groups -OCH3 is 1. The molecule has 1 atom stereocenters. The molecule has 2 aliphatic rings. The molecule has 8 heteroatoms. The Morgan fingerprint density at radius 2 is 1.88 bits per heavy atom. The SMILES string of the molecule is COc1cc(NC(=O)C2CCCN(C(=O)c3ccc(Cl)cc3)C2)ccc1N1CCCC1=O. The molecule has 1 N–H and O–H groups in total. The second-order valence-electron chi connectivity index (χ2n) is 8.12. The van der Waals surface area contributed by atoms with E-state index in [9.17, 15) is 14.4 Å². The average molecular weight is 456 g/mol. The molecule has 168 valence electrons. The van der Waals surface area contributed by atoms with Crippen LogP contribution in [0.2, 0.25) is 5.02 Å². The first-order valence-corrected chi connectivity index (χ1v) is 11.2. The molecule has 0 saturated carbocycles. The van der Waals surface area contributed by atoms with Gasteiger partial charge in [-0.05, 0) is 55.7 Å². The highest BCUT2D eigenvalue weighted by atomic mass is 35.5. The van der Waals surface area contributed by atoms with Crippen LogP contribution in [0.1, 0.15) is 36.0 Å². The highest BCUT2D eigenvalue weighted by Crippen LogP contribution is 2.34. The molecule has 2 aromatic carbocycles. The second-order valence-corrected chi connectivity index (χ2v) is 8.56. The largest absolute Gasteiger partial charge is 0.494 e. The fourth-order valence-corrected chi connectivity index (χ4v) is 4.40. The van der Waals surface area contributed by atoms with E-state index in [0.29, 0.717) is 60.2 Å². The number of rotatable bonds is 5. The molecule has 0 aromatic heterocycles. The number of hydrogen-bond acceptors (Lipinski definition) is 4. The summed E-state index contributed by atoms with van der Waals surface area (Å²) in [6.45, 7) is 1.66. The molecule has 4 rings (SSSR count). The first-order valence-electron chi connectivity index (χ1n) is 10.8. The van der Waals surface area contributed by atoms with Crippen molar-refractivity contribution in [3.8, 4) is 5.75 Å². The molecule has 2 aromatic rings. The van der Waals surface area contributed by atoms with Crippen LogP contribution in [-0.4, -0.2) is 49.4 Å². The van der Waals surface area contributed by atoms with E-state index in [0.717, 1.165) is 12.8 Å². The summed E-state index contributed by atoms with van der Waals surface area (Å²) in [5.74, 6) is 0.0888. The number of halogens is 1. The lowest BCUT2D eigenvalue weighted by Gasteiger charge is -2.32. The van der Waals surface area contributed by atoms with Crippen LogP contribution < -0.4 is 15.0 Å². The van der Waals surface area contributed by atoms with Gasteiger partial charge in [0.1, 0.15) is 5.75 Å². The van der Waals surface area contributed by atoms with Crippen molar-refractivity contribution in [2.24, 2.45) is 5.92 Å². The average Bonchev–Trinajstić information content (AvgIpc) is 3.24. The van der Waals surface area contributed by atoms with Crippen LogP contribution in [0.15, 0.2) is 42.5 Å². The second kappa shape index (κ2) is 9.61. The Morgan fingerprint density at radius 1 is 1.09 bits per heavy atom. The summed E-state index contributed by atoms with van der Waals surface area (Å²) < 4.78 is 5.47. The molecule has 2 aliphatic heterocycles. The van der Waals surface area contributed by atoms with Crippen molar-refractivity contribution in [2.45, 2.75) is 25.7 Å². The Hall–Kier alpha value is -3.06. The number of anilines is 2. The lowest BCUT2D eigenvalue weighted by molar-refractivity contribution is -0.121. The summed E-state index contributed by atoms with van der Waals surface area (Å²) in [6.07, 6.45) is 2.84. The highest BCUT2D eigenvalue weighted by Gasteiger charge is 2.29. The van der Waals surface area contributed by atoms with Gasteiger partial charge in [0.25, 0.3) is 5.91 Å². The van der Waals surface area contributed by atoms with E-state index in [-0.39, 0.29) is 23.6 Å². The van der Waals surface area contributed by atoms with Crippen LogP contribution >= 0.6 is 11.6 Å². The quantitative estimate of drug-likeness (QED) is 0.740. The van der Waals surface area contributed by atoms with Gasteiger partial charge in [-0.25, -0.2) is 0 Å². The molecule has 7 nitrogen and oxygen atoms in total. The fourth-order valence-electron chi connectivity index (χ4n) is 4.28. The third kappa shape index (κ3) is 4.72. The van der Waals surface area contributed by atoms with Crippen LogP contribution in [0, 0.1) is 5.92 Å². The zero-order chi connectivity index (χ0) is 22.7. The molecule has 0 aliphatic carbocycles. The summed E-state index contributed by atoms with van der Waals surface area (Å²) in [5, 5.41) is 3.52. The number of carbonyl (C=O) groups excluding carboxylic acids is 3. The van der Waals surface area contributed by atoms with Crippen molar-refractivity contribution >= 4 is 40.7 Å². The van der Waals surface area contributed by atoms with E-state index in [1.165, 1.54) is 0 Å². The molecule has 0 spiro atoms. The number of ether oxygens (including phenoxy) is 1. The van der Waals surface area contributed by atoms with E-state index in [1.807, 2.05) is 0 Å². The smallest absolute Gasteiger partial charge is 0.253 e. The van der Waals surface area contributed by atoms with Crippen LogP contribution in [0.3, 0.4) is 0 Å². The zero-order valence-corrected chi connectivity index (χ0v) is 18.7. The number of hydrogen-bond donors (Lipinski definition) is 1. The number of likely N-dealkylation sites (tertiary alicyclic amines) is 1. The van der Waals surface area contributed by atoms with Crippen molar-refractivity contribution in [3.63, 3.8) is 0 Å². The van der Waals surface area contributed by atoms with Crippen LogP contribution in [0.25, 0.3) is 0 Å². The van der Waals surface area contributed by atoms with Gasteiger partial charge in [0.05, 0.1) is 18.7 Å². The predicted octanol–water partition coefficient (Wildman–Crippen LogP) is 3.97. The number of benzene rings is 2. The van der Waals surface area contributed by atoms with Crippen molar-refractivity contribution < 1.29 is 19.1 Å².